The highest BCUT2D eigenvalue weighted by molar-refractivity contribution is 5.99. The maximum atomic E-state index is 13.3. The van der Waals surface area contributed by atoms with Gasteiger partial charge in [0.15, 0.2) is 0 Å². The second kappa shape index (κ2) is 9.36. The van der Waals surface area contributed by atoms with Crippen LogP contribution in [-0.2, 0) is 6.42 Å². The third kappa shape index (κ3) is 4.70. The van der Waals surface area contributed by atoms with Gasteiger partial charge in [-0.15, -0.1) is 0 Å². The Morgan fingerprint density at radius 1 is 1.09 bits per heavy atom. The van der Waals surface area contributed by atoms with Gasteiger partial charge in [0.25, 0.3) is 5.91 Å². The maximum Gasteiger partial charge on any atom is 0.272 e. The first-order valence-electron chi connectivity index (χ1n) is 11.3. The number of rotatable bonds is 6. The number of piperidine rings is 1. The Morgan fingerprint density at radius 2 is 1.85 bits per heavy atom. The molecule has 5 rings (SSSR count). The monoisotopic (exact) mass is 441 g/mol. The van der Waals surface area contributed by atoms with Gasteiger partial charge in [0.2, 0.25) is 0 Å². The smallest absolute Gasteiger partial charge is 0.272 e. The average molecular weight is 442 g/mol. The van der Waals surface area contributed by atoms with Gasteiger partial charge in [0.05, 0.1) is 18.8 Å². The second-order valence-electron chi connectivity index (χ2n) is 8.47. The van der Waals surface area contributed by atoms with Crippen LogP contribution in [0.1, 0.15) is 28.9 Å². The summed E-state index contributed by atoms with van der Waals surface area (Å²) in [5.41, 5.74) is 3.26. The van der Waals surface area contributed by atoms with Crippen molar-refractivity contribution in [1.29, 1.82) is 0 Å². The number of hydrogen-bond acceptors (Lipinski definition) is 5. The molecule has 1 saturated heterocycles. The molecule has 0 aliphatic carbocycles. The molecule has 1 aliphatic rings. The zero-order valence-corrected chi connectivity index (χ0v) is 18.7. The number of amides is 1. The first-order valence-corrected chi connectivity index (χ1v) is 11.3. The highest BCUT2D eigenvalue weighted by Gasteiger charge is 2.25. The van der Waals surface area contributed by atoms with Crippen molar-refractivity contribution in [3.05, 3.63) is 84.3 Å². The van der Waals surface area contributed by atoms with E-state index < -0.39 is 0 Å². The number of furan rings is 1. The van der Waals surface area contributed by atoms with E-state index in [0.717, 1.165) is 49.2 Å². The van der Waals surface area contributed by atoms with Gasteiger partial charge in [-0.3, -0.25) is 4.79 Å². The molecule has 0 bridgehead atoms. The van der Waals surface area contributed by atoms with Crippen LogP contribution in [-0.4, -0.2) is 36.0 Å². The SMILES string of the molecule is COc1ccc(Nc2nc(C(=O)N3CCC(Cc4ccccc4)CC3)cc3occc23)cc1. The molecule has 4 aromatic rings. The number of hydrogen-bond donors (Lipinski definition) is 1. The molecule has 0 spiro atoms. The Balaban J connectivity index is 1.30. The molecule has 0 radical (unpaired) electrons. The van der Waals surface area contributed by atoms with Crippen molar-refractivity contribution in [2.45, 2.75) is 19.3 Å². The number of nitrogens with zero attached hydrogens (tertiary/aromatic N) is 2. The largest absolute Gasteiger partial charge is 0.497 e. The first-order chi connectivity index (χ1) is 16.2. The summed E-state index contributed by atoms with van der Waals surface area (Å²) in [7, 11) is 1.64. The number of anilines is 2. The van der Waals surface area contributed by atoms with Crippen LogP contribution >= 0.6 is 0 Å². The van der Waals surface area contributed by atoms with E-state index >= 15 is 0 Å². The molecule has 2 aromatic heterocycles. The van der Waals surface area contributed by atoms with Gasteiger partial charge in [-0.25, -0.2) is 4.98 Å². The zero-order valence-electron chi connectivity index (χ0n) is 18.7. The molecule has 1 N–H and O–H groups in total. The van der Waals surface area contributed by atoms with E-state index in [1.807, 2.05) is 41.3 Å². The summed E-state index contributed by atoms with van der Waals surface area (Å²) >= 11 is 0. The minimum atomic E-state index is -0.0516. The Hall–Kier alpha value is -3.80. The molecule has 0 atom stereocenters. The van der Waals surface area contributed by atoms with Crippen molar-refractivity contribution in [2.24, 2.45) is 5.92 Å². The Labute approximate surface area is 193 Å². The highest BCUT2D eigenvalue weighted by Crippen LogP contribution is 2.29. The molecule has 0 saturated carbocycles. The van der Waals surface area contributed by atoms with Crippen molar-refractivity contribution < 1.29 is 13.9 Å². The molecule has 1 aliphatic heterocycles. The van der Waals surface area contributed by atoms with E-state index in [1.54, 1.807) is 19.4 Å². The van der Waals surface area contributed by atoms with Crippen LogP contribution in [0.2, 0.25) is 0 Å². The third-order valence-corrected chi connectivity index (χ3v) is 6.29. The minimum absolute atomic E-state index is 0.0516. The van der Waals surface area contributed by atoms with E-state index in [4.69, 9.17) is 9.15 Å². The van der Waals surface area contributed by atoms with Crippen LogP contribution < -0.4 is 10.1 Å². The molecular weight excluding hydrogens is 414 g/mol. The van der Waals surface area contributed by atoms with Gasteiger partial charge in [0.1, 0.15) is 22.8 Å². The van der Waals surface area contributed by atoms with Crippen molar-refractivity contribution in [3.8, 4) is 5.75 Å². The molecule has 0 unspecified atom stereocenters. The summed E-state index contributed by atoms with van der Waals surface area (Å²) < 4.78 is 10.9. The predicted molar refractivity (Wildman–Crippen MR) is 129 cm³/mol. The van der Waals surface area contributed by atoms with Crippen molar-refractivity contribution in [2.75, 3.05) is 25.5 Å². The van der Waals surface area contributed by atoms with Gasteiger partial charge >= 0.3 is 0 Å². The summed E-state index contributed by atoms with van der Waals surface area (Å²) in [4.78, 5) is 19.9. The Bertz CT molecular complexity index is 1230. The number of nitrogens with one attached hydrogen (secondary N) is 1. The molecular formula is C27H27N3O3. The Morgan fingerprint density at radius 3 is 2.58 bits per heavy atom. The van der Waals surface area contributed by atoms with Gasteiger partial charge in [0, 0.05) is 24.8 Å². The van der Waals surface area contributed by atoms with Crippen LogP contribution in [0.3, 0.4) is 0 Å². The van der Waals surface area contributed by atoms with Crippen molar-refractivity contribution >= 4 is 28.4 Å². The number of carbonyl (C=O) groups is 1. The normalized spacial score (nSPS) is 14.4. The molecule has 6 nitrogen and oxygen atoms in total. The van der Waals surface area contributed by atoms with E-state index in [-0.39, 0.29) is 5.91 Å². The summed E-state index contributed by atoms with van der Waals surface area (Å²) in [5.74, 6) is 1.93. The van der Waals surface area contributed by atoms with Gasteiger partial charge in [-0.2, -0.15) is 0 Å². The molecule has 168 valence electrons. The highest BCUT2D eigenvalue weighted by atomic mass is 16.5. The number of carbonyl (C=O) groups excluding carboxylic acids is 1. The lowest BCUT2D eigenvalue weighted by atomic mass is 9.90. The quantitative estimate of drug-likeness (QED) is 0.417. The lowest BCUT2D eigenvalue weighted by molar-refractivity contribution is 0.0685. The van der Waals surface area contributed by atoms with E-state index in [0.29, 0.717) is 23.0 Å². The number of pyridine rings is 1. The standard InChI is InChI=1S/C27H27N3O3/c1-32-22-9-7-21(8-10-22)28-26-23-13-16-33-25(23)18-24(29-26)27(31)30-14-11-20(12-15-30)17-19-5-3-2-4-6-19/h2-10,13,16,18,20H,11-12,14-15,17H2,1H3,(H,28,29). The zero-order chi connectivity index (χ0) is 22.6. The predicted octanol–water partition coefficient (Wildman–Crippen LogP) is 5.67. The maximum absolute atomic E-state index is 13.3. The number of likely N-dealkylation sites (tertiary alicyclic amines) is 1. The van der Waals surface area contributed by atoms with Crippen molar-refractivity contribution in [1.82, 2.24) is 9.88 Å². The first kappa shape index (κ1) is 21.1. The van der Waals surface area contributed by atoms with Crippen LogP contribution in [0.5, 0.6) is 5.75 Å². The fraction of sp³-hybridized carbons (Fsp3) is 0.259. The summed E-state index contributed by atoms with van der Waals surface area (Å²) in [6.45, 7) is 1.49. The minimum Gasteiger partial charge on any atom is -0.497 e. The van der Waals surface area contributed by atoms with Crippen LogP contribution in [0, 0.1) is 5.92 Å². The number of ether oxygens (including phenoxy) is 1. The van der Waals surface area contributed by atoms with Crippen LogP contribution in [0.25, 0.3) is 11.0 Å². The summed E-state index contributed by atoms with van der Waals surface area (Å²) in [6, 6.07) is 21.8. The fourth-order valence-corrected chi connectivity index (χ4v) is 4.43. The van der Waals surface area contributed by atoms with Gasteiger partial charge in [-0.05, 0) is 61.1 Å². The number of benzene rings is 2. The van der Waals surface area contributed by atoms with E-state index in [9.17, 15) is 4.79 Å². The van der Waals surface area contributed by atoms with E-state index in [2.05, 4.69) is 34.6 Å². The molecule has 33 heavy (non-hydrogen) atoms. The number of fused-ring (bicyclic) bond motifs is 1. The molecule has 1 fully saturated rings. The number of methoxy groups -OCH3 is 1. The third-order valence-electron chi connectivity index (χ3n) is 6.29. The van der Waals surface area contributed by atoms with Crippen molar-refractivity contribution in [3.63, 3.8) is 0 Å². The fourth-order valence-electron chi connectivity index (χ4n) is 4.43. The van der Waals surface area contributed by atoms with Crippen LogP contribution in [0.15, 0.2) is 77.4 Å². The second-order valence-corrected chi connectivity index (χ2v) is 8.47. The molecule has 3 heterocycles. The molecule has 2 aromatic carbocycles. The number of aromatic nitrogens is 1. The topological polar surface area (TPSA) is 67.6 Å². The lowest BCUT2D eigenvalue weighted by Crippen LogP contribution is -2.39. The Kier molecular flexibility index (Phi) is 5.98. The molecule has 1 amide bonds. The summed E-state index contributed by atoms with van der Waals surface area (Å²) in [6.07, 6.45) is 4.69. The van der Waals surface area contributed by atoms with Crippen LogP contribution in [0.4, 0.5) is 11.5 Å². The van der Waals surface area contributed by atoms with Gasteiger partial charge in [-0.1, -0.05) is 30.3 Å². The van der Waals surface area contributed by atoms with E-state index in [1.165, 1.54) is 5.56 Å². The van der Waals surface area contributed by atoms with Gasteiger partial charge < -0.3 is 19.4 Å². The lowest BCUT2D eigenvalue weighted by Gasteiger charge is -2.32. The summed E-state index contributed by atoms with van der Waals surface area (Å²) in [5, 5.41) is 4.16. The molecule has 6 heteroatoms. The average Bonchev–Trinajstić information content (AvgIpc) is 3.34.